The number of likely N-dealkylation sites (tertiary alicyclic amines) is 1. The summed E-state index contributed by atoms with van der Waals surface area (Å²) in [6, 6.07) is 8.73. The molecule has 1 amide bonds. The number of carbonyl (C=O) groups is 1. The van der Waals surface area contributed by atoms with E-state index in [4.69, 9.17) is 9.47 Å². The zero-order chi connectivity index (χ0) is 22.2. The predicted molar refractivity (Wildman–Crippen MR) is 124 cm³/mol. The van der Waals surface area contributed by atoms with Gasteiger partial charge in [0.15, 0.2) is 5.82 Å². The molecule has 1 aromatic carbocycles. The van der Waals surface area contributed by atoms with E-state index in [1.54, 1.807) is 18.1 Å². The molecule has 2 saturated heterocycles. The Labute approximate surface area is 189 Å². The fourth-order valence-electron chi connectivity index (χ4n) is 4.31. The van der Waals surface area contributed by atoms with Gasteiger partial charge in [0, 0.05) is 26.8 Å². The number of hydrogen-bond donors (Lipinski definition) is 1. The van der Waals surface area contributed by atoms with Gasteiger partial charge in [0.1, 0.15) is 0 Å². The van der Waals surface area contributed by atoms with Crippen LogP contribution in [0, 0.1) is 5.92 Å². The third-order valence-corrected chi connectivity index (χ3v) is 6.15. The molecule has 0 spiro atoms. The molecule has 2 aromatic rings. The molecule has 2 aliphatic rings. The second-order valence-electron chi connectivity index (χ2n) is 8.54. The van der Waals surface area contributed by atoms with Gasteiger partial charge in [-0.05, 0) is 55.8 Å². The first-order chi connectivity index (χ1) is 15.7. The van der Waals surface area contributed by atoms with Gasteiger partial charge in [-0.1, -0.05) is 24.3 Å². The van der Waals surface area contributed by atoms with Crippen molar-refractivity contribution in [2.45, 2.75) is 38.8 Å². The van der Waals surface area contributed by atoms with Gasteiger partial charge in [-0.2, -0.15) is 4.98 Å². The zero-order valence-corrected chi connectivity index (χ0v) is 18.8. The average Bonchev–Trinajstić information content (AvgIpc) is 3.35. The molecule has 0 saturated carbocycles. The highest BCUT2D eigenvalue weighted by atomic mass is 16.5. The zero-order valence-electron chi connectivity index (χ0n) is 18.8. The maximum atomic E-state index is 12.0. The SMILES string of the molecule is CNc1cnc(OCC2CCOCC2)nc1N(C=O)Cc1cccc(CN2CCCC2)c1. The highest BCUT2D eigenvalue weighted by Gasteiger charge is 2.18. The lowest BCUT2D eigenvalue weighted by atomic mass is 10.0. The summed E-state index contributed by atoms with van der Waals surface area (Å²) in [6.45, 7) is 5.81. The van der Waals surface area contributed by atoms with Gasteiger partial charge in [0.25, 0.3) is 0 Å². The molecule has 0 bridgehead atoms. The van der Waals surface area contributed by atoms with E-state index in [1.807, 2.05) is 6.07 Å². The molecule has 2 aliphatic heterocycles. The van der Waals surface area contributed by atoms with Crippen LogP contribution in [0.4, 0.5) is 11.5 Å². The van der Waals surface area contributed by atoms with Crippen LogP contribution < -0.4 is 15.0 Å². The van der Waals surface area contributed by atoms with Crippen LogP contribution in [-0.2, 0) is 22.6 Å². The Kier molecular flexibility index (Phi) is 7.90. The molecule has 8 nitrogen and oxygen atoms in total. The van der Waals surface area contributed by atoms with E-state index in [1.165, 1.54) is 18.4 Å². The molecule has 3 heterocycles. The number of ether oxygens (including phenoxy) is 2. The summed E-state index contributed by atoms with van der Waals surface area (Å²) in [5.74, 6) is 0.963. The summed E-state index contributed by atoms with van der Waals surface area (Å²) < 4.78 is 11.3. The van der Waals surface area contributed by atoms with E-state index in [0.29, 0.717) is 36.6 Å². The van der Waals surface area contributed by atoms with Crippen LogP contribution in [-0.4, -0.2) is 61.2 Å². The van der Waals surface area contributed by atoms with Crippen molar-refractivity contribution in [3.8, 4) is 6.01 Å². The predicted octanol–water partition coefficient (Wildman–Crippen LogP) is 3.08. The molecule has 0 radical (unpaired) electrons. The number of carbonyl (C=O) groups excluding carboxylic acids is 1. The molecule has 2 fully saturated rings. The number of nitrogens with one attached hydrogen (secondary N) is 1. The Morgan fingerprint density at radius 3 is 2.78 bits per heavy atom. The first-order valence-electron chi connectivity index (χ1n) is 11.5. The van der Waals surface area contributed by atoms with Gasteiger partial charge in [-0.25, -0.2) is 4.98 Å². The van der Waals surface area contributed by atoms with Crippen molar-refractivity contribution in [2.75, 3.05) is 50.2 Å². The molecular weight excluding hydrogens is 406 g/mol. The number of rotatable bonds is 10. The molecule has 0 unspecified atom stereocenters. The number of anilines is 2. The normalized spacial score (nSPS) is 17.3. The van der Waals surface area contributed by atoms with Gasteiger partial charge in [-0.15, -0.1) is 0 Å². The molecule has 32 heavy (non-hydrogen) atoms. The lowest BCUT2D eigenvalue weighted by Gasteiger charge is -2.23. The molecule has 0 aliphatic carbocycles. The Morgan fingerprint density at radius 1 is 1.25 bits per heavy atom. The van der Waals surface area contributed by atoms with Crippen molar-refractivity contribution in [1.82, 2.24) is 14.9 Å². The third kappa shape index (κ3) is 5.95. The van der Waals surface area contributed by atoms with Crippen LogP contribution in [0.3, 0.4) is 0 Å². The number of amides is 1. The highest BCUT2D eigenvalue weighted by molar-refractivity contribution is 5.80. The van der Waals surface area contributed by atoms with E-state index in [0.717, 1.165) is 57.7 Å². The first-order valence-corrected chi connectivity index (χ1v) is 11.5. The monoisotopic (exact) mass is 439 g/mol. The van der Waals surface area contributed by atoms with Crippen LogP contribution in [0.1, 0.15) is 36.8 Å². The largest absolute Gasteiger partial charge is 0.463 e. The van der Waals surface area contributed by atoms with Gasteiger partial charge in [0.05, 0.1) is 25.0 Å². The fraction of sp³-hybridized carbons (Fsp3) is 0.542. The molecular formula is C24H33N5O3. The number of benzene rings is 1. The van der Waals surface area contributed by atoms with Crippen molar-refractivity contribution in [2.24, 2.45) is 5.92 Å². The minimum Gasteiger partial charge on any atom is -0.463 e. The van der Waals surface area contributed by atoms with Crippen molar-refractivity contribution in [3.63, 3.8) is 0 Å². The van der Waals surface area contributed by atoms with Crippen LogP contribution in [0.2, 0.25) is 0 Å². The van der Waals surface area contributed by atoms with Crippen molar-refractivity contribution in [3.05, 3.63) is 41.6 Å². The summed E-state index contributed by atoms with van der Waals surface area (Å²) in [4.78, 5) is 25.0. The van der Waals surface area contributed by atoms with Crippen LogP contribution in [0.15, 0.2) is 30.5 Å². The van der Waals surface area contributed by atoms with Gasteiger partial charge < -0.3 is 14.8 Å². The highest BCUT2D eigenvalue weighted by Crippen LogP contribution is 2.26. The third-order valence-electron chi connectivity index (χ3n) is 6.15. The molecule has 1 N–H and O–H groups in total. The Balaban J connectivity index is 1.45. The minimum atomic E-state index is 0.292. The number of aromatic nitrogens is 2. The second-order valence-corrected chi connectivity index (χ2v) is 8.54. The maximum absolute atomic E-state index is 12.0. The van der Waals surface area contributed by atoms with Crippen LogP contribution in [0.5, 0.6) is 6.01 Å². The molecule has 1 aromatic heterocycles. The Bertz CT molecular complexity index is 882. The summed E-state index contributed by atoms with van der Waals surface area (Å²) in [6.07, 6.45) is 7.00. The minimum absolute atomic E-state index is 0.292. The van der Waals surface area contributed by atoms with Crippen molar-refractivity contribution >= 4 is 17.9 Å². The molecule has 4 rings (SSSR count). The maximum Gasteiger partial charge on any atom is 0.318 e. The summed E-state index contributed by atoms with van der Waals surface area (Å²) >= 11 is 0. The summed E-state index contributed by atoms with van der Waals surface area (Å²) in [7, 11) is 1.80. The summed E-state index contributed by atoms with van der Waals surface area (Å²) in [5, 5.41) is 3.08. The molecule has 172 valence electrons. The number of hydrogen-bond acceptors (Lipinski definition) is 7. The lowest BCUT2D eigenvalue weighted by Crippen LogP contribution is -2.24. The van der Waals surface area contributed by atoms with Crippen molar-refractivity contribution in [1.29, 1.82) is 0 Å². The number of nitrogens with zero attached hydrogens (tertiary/aromatic N) is 4. The van der Waals surface area contributed by atoms with Crippen LogP contribution in [0.25, 0.3) is 0 Å². The smallest absolute Gasteiger partial charge is 0.318 e. The van der Waals surface area contributed by atoms with E-state index in [2.05, 4.69) is 38.4 Å². The quantitative estimate of drug-likeness (QED) is 0.570. The Hall–Kier alpha value is -2.71. The van der Waals surface area contributed by atoms with Gasteiger partial charge >= 0.3 is 6.01 Å². The molecule has 8 heteroatoms. The second kappa shape index (κ2) is 11.2. The standard InChI is InChI=1S/C24H33N5O3/c1-25-22-14-26-24(32-17-19-7-11-31-12-8-19)27-23(22)29(18-30)16-21-6-4-5-20(13-21)15-28-9-2-3-10-28/h4-6,13-14,18-19,25H,2-3,7-12,15-17H2,1H3. The van der Waals surface area contributed by atoms with E-state index in [-0.39, 0.29) is 0 Å². The van der Waals surface area contributed by atoms with Gasteiger partial charge in [0.2, 0.25) is 6.41 Å². The van der Waals surface area contributed by atoms with E-state index >= 15 is 0 Å². The van der Waals surface area contributed by atoms with E-state index < -0.39 is 0 Å². The molecule has 0 atom stereocenters. The summed E-state index contributed by atoms with van der Waals surface area (Å²) in [5.41, 5.74) is 3.02. The van der Waals surface area contributed by atoms with E-state index in [9.17, 15) is 4.79 Å². The average molecular weight is 440 g/mol. The van der Waals surface area contributed by atoms with Crippen LogP contribution >= 0.6 is 0 Å². The lowest BCUT2D eigenvalue weighted by molar-refractivity contribution is -0.107. The van der Waals surface area contributed by atoms with Crippen molar-refractivity contribution < 1.29 is 14.3 Å². The Morgan fingerprint density at radius 2 is 2.03 bits per heavy atom. The van der Waals surface area contributed by atoms with Gasteiger partial charge in [-0.3, -0.25) is 14.6 Å². The fourth-order valence-corrected chi connectivity index (χ4v) is 4.31. The first kappa shape index (κ1) is 22.5. The topological polar surface area (TPSA) is 79.8 Å².